The topological polar surface area (TPSA) is 29.3 Å². The zero-order chi connectivity index (χ0) is 10.6. The summed E-state index contributed by atoms with van der Waals surface area (Å²) in [5, 5.41) is 0.769. The Morgan fingerprint density at radius 2 is 1.86 bits per heavy atom. The Balaban J connectivity index is 2.82. The van der Waals surface area contributed by atoms with Gasteiger partial charge in [-0.1, -0.05) is 11.6 Å². The van der Waals surface area contributed by atoms with Gasteiger partial charge in [-0.05, 0) is 38.1 Å². The molecule has 0 heterocycles. The predicted molar refractivity (Wildman–Crippen MR) is 63.0 cm³/mol. The van der Waals surface area contributed by atoms with Crippen molar-refractivity contribution in [2.75, 3.05) is 18.0 Å². The second kappa shape index (κ2) is 5.23. The molecule has 2 N–H and O–H groups in total. The Kier molecular flexibility index (Phi) is 4.23. The van der Waals surface area contributed by atoms with E-state index in [0.29, 0.717) is 12.6 Å². The molecule has 1 aromatic rings. The van der Waals surface area contributed by atoms with Crippen molar-refractivity contribution < 1.29 is 0 Å². The highest BCUT2D eigenvalue weighted by molar-refractivity contribution is 6.30. The van der Waals surface area contributed by atoms with E-state index in [-0.39, 0.29) is 0 Å². The smallest absolute Gasteiger partial charge is 0.0407 e. The molecule has 78 valence electrons. The molecule has 3 heteroatoms. The summed E-state index contributed by atoms with van der Waals surface area (Å²) in [7, 11) is 0. The Morgan fingerprint density at radius 3 is 2.29 bits per heavy atom. The molecule has 0 saturated heterocycles. The Morgan fingerprint density at radius 1 is 1.29 bits per heavy atom. The molecule has 1 aromatic carbocycles. The lowest BCUT2D eigenvalue weighted by Crippen LogP contribution is -2.35. The fourth-order valence-corrected chi connectivity index (χ4v) is 1.58. The molecule has 0 atom stereocenters. The third-order valence-corrected chi connectivity index (χ3v) is 2.40. The molecular formula is C11H17ClN2. The van der Waals surface area contributed by atoms with E-state index in [2.05, 4.69) is 18.7 Å². The van der Waals surface area contributed by atoms with Gasteiger partial charge in [0.15, 0.2) is 0 Å². The van der Waals surface area contributed by atoms with Gasteiger partial charge in [-0.25, -0.2) is 0 Å². The van der Waals surface area contributed by atoms with Crippen LogP contribution in [0.1, 0.15) is 13.8 Å². The van der Waals surface area contributed by atoms with Gasteiger partial charge in [0.1, 0.15) is 0 Å². The average molecular weight is 213 g/mol. The van der Waals surface area contributed by atoms with Gasteiger partial charge in [0, 0.05) is 29.8 Å². The number of nitrogens with two attached hydrogens (primary N) is 1. The Labute approximate surface area is 90.7 Å². The fraction of sp³-hybridized carbons (Fsp3) is 0.455. The van der Waals surface area contributed by atoms with Gasteiger partial charge in [0.25, 0.3) is 0 Å². The minimum Gasteiger partial charge on any atom is -0.368 e. The molecule has 0 fully saturated rings. The van der Waals surface area contributed by atoms with E-state index in [1.807, 2.05) is 24.3 Å². The van der Waals surface area contributed by atoms with Crippen LogP contribution in [0.2, 0.25) is 5.02 Å². The summed E-state index contributed by atoms with van der Waals surface area (Å²) >= 11 is 5.83. The van der Waals surface area contributed by atoms with Crippen LogP contribution < -0.4 is 10.6 Å². The predicted octanol–water partition coefficient (Wildman–Crippen LogP) is 2.51. The standard InChI is InChI=1S/C11H17ClN2/c1-9(2)14(8-7-13)11-5-3-10(12)4-6-11/h3-6,9H,7-8,13H2,1-2H3. The van der Waals surface area contributed by atoms with Crippen molar-refractivity contribution in [1.82, 2.24) is 0 Å². The van der Waals surface area contributed by atoms with Gasteiger partial charge in [0.05, 0.1) is 0 Å². The zero-order valence-electron chi connectivity index (χ0n) is 8.70. The van der Waals surface area contributed by atoms with Gasteiger partial charge >= 0.3 is 0 Å². The normalized spacial score (nSPS) is 10.6. The maximum absolute atomic E-state index is 5.83. The molecule has 0 aromatic heterocycles. The van der Waals surface area contributed by atoms with Crippen LogP contribution in [0.25, 0.3) is 0 Å². The van der Waals surface area contributed by atoms with Crippen molar-refractivity contribution in [1.29, 1.82) is 0 Å². The van der Waals surface area contributed by atoms with E-state index in [9.17, 15) is 0 Å². The number of hydrogen-bond acceptors (Lipinski definition) is 2. The largest absolute Gasteiger partial charge is 0.368 e. The number of anilines is 1. The van der Waals surface area contributed by atoms with Crippen LogP contribution in [0.3, 0.4) is 0 Å². The highest BCUT2D eigenvalue weighted by atomic mass is 35.5. The van der Waals surface area contributed by atoms with Crippen molar-refractivity contribution >= 4 is 17.3 Å². The quantitative estimate of drug-likeness (QED) is 0.831. The van der Waals surface area contributed by atoms with E-state index in [1.165, 1.54) is 5.69 Å². The van der Waals surface area contributed by atoms with Crippen molar-refractivity contribution in [3.63, 3.8) is 0 Å². The molecule has 0 amide bonds. The van der Waals surface area contributed by atoms with E-state index in [4.69, 9.17) is 17.3 Å². The summed E-state index contributed by atoms with van der Waals surface area (Å²) in [5.74, 6) is 0. The number of rotatable bonds is 4. The van der Waals surface area contributed by atoms with E-state index in [1.54, 1.807) is 0 Å². The third kappa shape index (κ3) is 2.89. The van der Waals surface area contributed by atoms with Gasteiger partial charge in [0.2, 0.25) is 0 Å². The van der Waals surface area contributed by atoms with Crippen LogP contribution >= 0.6 is 11.6 Å². The minimum absolute atomic E-state index is 0.458. The second-order valence-electron chi connectivity index (χ2n) is 3.55. The summed E-state index contributed by atoms with van der Waals surface area (Å²) in [6, 6.07) is 8.32. The van der Waals surface area contributed by atoms with Gasteiger partial charge < -0.3 is 10.6 Å². The molecule has 1 rings (SSSR count). The van der Waals surface area contributed by atoms with Crippen LogP contribution in [0.15, 0.2) is 24.3 Å². The molecule has 0 aliphatic rings. The first-order valence-electron chi connectivity index (χ1n) is 4.87. The summed E-state index contributed by atoms with van der Waals surface area (Å²) in [6.45, 7) is 5.86. The molecule has 14 heavy (non-hydrogen) atoms. The van der Waals surface area contributed by atoms with Crippen LogP contribution in [0.5, 0.6) is 0 Å². The number of nitrogens with zero attached hydrogens (tertiary/aromatic N) is 1. The molecule has 0 radical (unpaired) electrons. The van der Waals surface area contributed by atoms with E-state index >= 15 is 0 Å². The van der Waals surface area contributed by atoms with Gasteiger partial charge in [-0.15, -0.1) is 0 Å². The van der Waals surface area contributed by atoms with Crippen molar-refractivity contribution in [3.8, 4) is 0 Å². The molecule has 0 aliphatic heterocycles. The van der Waals surface area contributed by atoms with Crippen molar-refractivity contribution in [3.05, 3.63) is 29.3 Å². The zero-order valence-corrected chi connectivity index (χ0v) is 9.46. The van der Waals surface area contributed by atoms with E-state index < -0.39 is 0 Å². The SMILES string of the molecule is CC(C)N(CCN)c1ccc(Cl)cc1. The molecule has 0 unspecified atom stereocenters. The summed E-state index contributed by atoms with van der Waals surface area (Å²) in [5.41, 5.74) is 6.74. The Hall–Kier alpha value is -0.730. The van der Waals surface area contributed by atoms with Crippen LogP contribution in [0.4, 0.5) is 5.69 Å². The average Bonchev–Trinajstić information content (AvgIpc) is 2.15. The molecular weight excluding hydrogens is 196 g/mol. The van der Waals surface area contributed by atoms with Gasteiger partial charge in [-0.3, -0.25) is 0 Å². The summed E-state index contributed by atoms with van der Waals surface area (Å²) in [6.07, 6.45) is 0. The minimum atomic E-state index is 0.458. The maximum Gasteiger partial charge on any atom is 0.0407 e. The molecule has 2 nitrogen and oxygen atoms in total. The molecule has 0 spiro atoms. The maximum atomic E-state index is 5.83. The van der Waals surface area contributed by atoms with E-state index in [0.717, 1.165) is 11.6 Å². The van der Waals surface area contributed by atoms with Crippen LogP contribution in [0, 0.1) is 0 Å². The monoisotopic (exact) mass is 212 g/mol. The molecule has 0 aliphatic carbocycles. The lowest BCUT2D eigenvalue weighted by atomic mass is 10.2. The lowest BCUT2D eigenvalue weighted by molar-refractivity contribution is 0.684. The number of halogens is 1. The second-order valence-corrected chi connectivity index (χ2v) is 3.99. The third-order valence-electron chi connectivity index (χ3n) is 2.15. The summed E-state index contributed by atoms with van der Waals surface area (Å²) < 4.78 is 0. The first-order valence-corrected chi connectivity index (χ1v) is 5.25. The first-order chi connectivity index (χ1) is 6.65. The highest BCUT2D eigenvalue weighted by Crippen LogP contribution is 2.19. The molecule has 0 bridgehead atoms. The van der Waals surface area contributed by atoms with Crippen molar-refractivity contribution in [2.24, 2.45) is 5.73 Å². The number of hydrogen-bond donors (Lipinski definition) is 1. The highest BCUT2D eigenvalue weighted by Gasteiger charge is 2.08. The lowest BCUT2D eigenvalue weighted by Gasteiger charge is -2.28. The fourth-order valence-electron chi connectivity index (χ4n) is 1.46. The Bertz CT molecular complexity index is 269. The first kappa shape index (κ1) is 11.3. The molecule has 0 saturated carbocycles. The van der Waals surface area contributed by atoms with Crippen molar-refractivity contribution in [2.45, 2.75) is 19.9 Å². The van der Waals surface area contributed by atoms with Gasteiger partial charge in [-0.2, -0.15) is 0 Å². The number of benzene rings is 1. The summed E-state index contributed by atoms with van der Waals surface area (Å²) in [4.78, 5) is 2.26. The van der Waals surface area contributed by atoms with Crippen LogP contribution in [-0.2, 0) is 0 Å². The van der Waals surface area contributed by atoms with Crippen LogP contribution in [-0.4, -0.2) is 19.1 Å².